The number of thioether (sulfide) groups is 1. The first-order chi connectivity index (χ1) is 28.1. The highest BCUT2D eigenvalue weighted by atomic mass is 32.2. The molecule has 0 bridgehead atoms. The molecule has 0 saturated heterocycles. The third-order valence-corrected chi connectivity index (χ3v) is 11.9. The molecular weight excluding hydrogens is 725 g/mol. The van der Waals surface area contributed by atoms with E-state index in [1.807, 2.05) is 66.7 Å². The molecule has 2 aliphatic heterocycles. The molecule has 0 amide bonds. The number of ether oxygens (including phenoxy) is 2. The zero-order chi connectivity index (χ0) is 37.8. The largest absolute Gasteiger partial charge is 0.456 e. The van der Waals surface area contributed by atoms with Gasteiger partial charge in [0.1, 0.15) is 28.2 Å². The summed E-state index contributed by atoms with van der Waals surface area (Å²) in [5.74, 6) is 3.34. The van der Waals surface area contributed by atoms with Crippen LogP contribution in [0.5, 0.6) is 17.2 Å². The van der Waals surface area contributed by atoms with E-state index in [9.17, 15) is 0 Å². The summed E-state index contributed by atoms with van der Waals surface area (Å²) in [6, 6.07) is 49.7. The summed E-state index contributed by atoms with van der Waals surface area (Å²) >= 11 is 1.68. The normalized spacial score (nSPS) is 13.5. The van der Waals surface area contributed by atoms with Crippen LogP contribution in [0.1, 0.15) is 11.1 Å². The van der Waals surface area contributed by atoms with Gasteiger partial charge in [-0.3, -0.25) is 0 Å². The number of benzene rings is 8. The Kier molecular flexibility index (Phi) is 6.83. The highest BCUT2D eigenvalue weighted by Crippen LogP contribution is 2.57. The van der Waals surface area contributed by atoms with Gasteiger partial charge < -0.3 is 23.2 Å². The lowest BCUT2D eigenvalue weighted by Crippen LogP contribution is -2.18. The number of hydrogen-bond donors (Lipinski definition) is 0. The number of fused-ring (bicyclic) bond motifs is 11. The van der Waals surface area contributed by atoms with Gasteiger partial charge in [0.15, 0.2) is 17.1 Å². The molecule has 4 heterocycles. The standard InChI is InChI=1S/C50H30N2O4S/c1-28-24-44(53-41-16-7-5-11-31(28)41)35-13-9-15-38-49(35)55-46-26-36-45(54-43-22-21-33-32-12-4-3-10-29(32)18-20-34(33)48(36)43)27-39(46)52(38)40-25-30(19-23-47(40)57-2)50-51-37-14-6-8-17-42(37)56-50/h3-27H,1H2,2H3. The first-order valence-corrected chi connectivity index (χ1v) is 20.0. The highest BCUT2D eigenvalue weighted by molar-refractivity contribution is 7.98. The summed E-state index contributed by atoms with van der Waals surface area (Å²) in [6.45, 7) is 4.38. The summed E-state index contributed by atoms with van der Waals surface area (Å²) in [5.41, 5.74) is 9.31. The molecule has 10 aromatic rings. The molecule has 0 aliphatic carbocycles. The van der Waals surface area contributed by atoms with Crippen molar-refractivity contribution in [1.82, 2.24) is 4.98 Å². The van der Waals surface area contributed by atoms with Crippen molar-refractivity contribution >= 4 is 94.7 Å². The molecule has 0 saturated carbocycles. The van der Waals surface area contributed by atoms with E-state index in [4.69, 9.17) is 23.3 Å². The molecule has 12 rings (SSSR count). The van der Waals surface area contributed by atoms with Crippen molar-refractivity contribution in [2.45, 2.75) is 4.90 Å². The van der Waals surface area contributed by atoms with Gasteiger partial charge >= 0.3 is 0 Å². The van der Waals surface area contributed by atoms with Gasteiger partial charge in [-0.25, -0.2) is 4.98 Å². The van der Waals surface area contributed by atoms with Gasteiger partial charge in [0.25, 0.3) is 0 Å². The van der Waals surface area contributed by atoms with Crippen molar-refractivity contribution in [2.75, 3.05) is 11.2 Å². The second-order valence-corrected chi connectivity index (χ2v) is 15.2. The van der Waals surface area contributed by atoms with Crippen molar-refractivity contribution in [3.05, 3.63) is 169 Å². The third-order valence-electron chi connectivity index (χ3n) is 11.1. The summed E-state index contributed by atoms with van der Waals surface area (Å²) in [7, 11) is 0. The number of anilines is 3. The Morgan fingerprint density at radius 2 is 1.42 bits per heavy atom. The van der Waals surface area contributed by atoms with E-state index in [2.05, 4.69) is 103 Å². The van der Waals surface area contributed by atoms with Crippen LogP contribution < -0.4 is 14.4 Å². The molecule has 8 aromatic carbocycles. The zero-order valence-corrected chi connectivity index (χ0v) is 31.4. The molecule has 2 aliphatic rings. The Bertz CT molecular complexity index is 3360. The predicted molar refractivity (Wildman–Crippen MR) is 232 cm³/mol. The zero-order valence-electron chi connectivity index (χ0n) is 30.6. The molecule has 6 nitrogen and oxygen atoms in total. The second-order valence-electron chi connectivity index (χ2n) is 14.3. The number of allylic oxidation sites excluding steroid dienone is 2. The van der Waals surface area contributed by atoms with Gasteiger partial charge in [0, 0.05) is 32.9 Å². The van der Waals surface area contributed by atoms with Crippen LogP contribution in [0.4, 0.5) is 17.1 Å². The summed E-state index contributed by atoms with van der Waals surface area (Å²) in [5, 5.41) is 6.75. The topological polar surface area (TPSA) is 60.9 Å². The smallest absolute Gasteiger partial charge is 0.227 e. The lowest BCUT2D eigenvalue weighted by Gasteiger charge is -2.35. The van der Waals surface area contributed by atoms with E-state index >= 15 is 0 Å². The fourth-order valence-corrected chi connectivity index (χ4v) is 9.03. The van der Waals surface area contributed by atoms with Crippen LogP contribution in [0.15, 0.2) is 172 Å². The molecule has 57 heavy (non-hydrogen) atoms. The fourth-order valence-electron chi connectivity index (χ4n) is 8.47. The third kappa shape index (κ3) is 4.82. The van der Waals surface area contributed by atoms with E-state index in [1.54, 1.807) is 11.8 Å². The summed E-state index contributed by atoms with van der Waals surface area (Å²) in [4.78, 5) is 8.19. The molecule has 0 N–H and O–H groups in total. The van der Waals surface area contributed by atoms with Crippen molar-refractivity contribution in [1.29, 1.82) is 0 Å². The predicted octanol–water partition coefficient (Wildman–Crippen LogP) is 14.4. The lowest BCUT2D eigenvalue weighted by molar-refractivity contribution is 0.464. The average molecular weight is 755 g/mol. The fraction of sp³-hybridized carbons (Fsp3) is 0.0200. The molecule has 0 atom stereocenters. The van der Waals surface area contributed by atoms with Crippen molar-refractivity contribution < 1.29 is 18.3 Å². The van der Waals surface area contributed by atoms with Crippen LogP contribution >= 0.6 is 11.8 Å². The quantitative estimate of drug-likeness (QED) is 0.131. The number of rotatable bonds is 4. The van der Waals surface area contributed by atoms with Crippen LogP contribution in [0.2, 0.25) is 0 Å². The van der Waals surface area contributed by atoms with E-state index in [1.165, 1.54) is 16.2 Å². The van der Waals surface area contributed by atoms with Crippen molar-refractivity contribution in [2.24, 2.45) is 0 Å². The maximum absolute atomic E-state index is 7.10. The number of para-hydroxylation sites is 4. The van der Waals surface area contributed by atoms with E-state index in [0.717, 1.165) is 88.4 Å². The Labute approximate surface area is 330 Å². The Balaban J connectivity index is 1.11. The Morgan fingerprint density at radius 3 is 2.35 bits per heavy atom. The first kappa shape index (κ1) is 32.1. The lowest BCUT2D eigenvalue weighted by atomic mass is 9.97. The molecule has 0 fully saturated rings. The van der Waals surface area contributed by atoms with Crippen LogP contribution in [0.3, 0.4) is 0 Å². The SMILES string of the molecule is C=C1C=C(c2cccc3c2Oc2cc4c(cc2N3c2cc(-c3nc5ccccc5o3)ccc2SC)oc2ccc3c5ccccc5ccc3c24)Oc2ccccc21. The van der Waals surface area contributed by atoms with Crippen LogP contribution in [0.25, 0.3) is 77.4 Å². The van der Waals surface area contributed by atoms with Gasteiger partial charge in [0.05, 0.1) is 22.6 Å². The maximum atomic E-state index is 7.10. The van der Waals surface area contributed by atoms with Crippen molar-refractivity contribution in [3.63, 3.8) is 0 Å². The van der Waals surface area contributed by atoms with Gasteiger partial charge in [-0.05, 0) is 100 Å². The van der Waals surface area contributed by atoms with Crippen molar-refractivity contribution in [3.8, 4) is 28.7 Å². The first-order valence-electron chi connectivity index (χ1n) is 18.7. The van der Waals surface area contributed by atoms with Crippen LogP contribution in [-0.4, -0.2) is 11.2 Å². The van der Waals surface area contributed by atoms with E-state index in [-0.39, 0.29) is 0 Å². The number of aromatic nitrogens is 1. The Morgan fingerprint density at radius 1 is 0.579 bits per heavy atom. The number of nitrogens with zero attached hydrogens (tertiary/aromatic N) is 2. The molecular formula is C50H30N2O4S. The van der Waals surface area contributed by atoms with Gasteiger partial charge in [0.2, 0.25) is 5.89 Å². The molecule has 270 valence electrons. The number of oxazole rings is 1. The van der Waals surface area contributed by atoms with E-state index < -0.39 is 0 Å². The summed E-state index contributed by atoms with van der Waals surface area (Å²) in [6.07, 6.45) is 4.09. The average Bonchev–Trinajstić information content (AvgIpc) is 3.86. The number of hydrogen-bond acceptors (Lipinski definition) is 7. The minimum atomic E-state index is 0.553. The summed E-state index contributed by atoms with van der Waals surface area (Å²) < 4.78 is 26.7. The second kappa shape index (κ2) is 12.1. The molecule has 0 radical (unpaired) electrons. The molecule has 7 heteroatoms. The van der Waals surface area contributed by atoms with Crippen LogP contribution in [0, 0.1) is 0 Å². The van der Waals surface area contributed by atoms with Gasteiger partial charge in [-0.2, -0.15) is 0 Å². The number of furan rings is 1. The van der Waals surface area contributed by atoms with Gasteiger partial charge in [-0.15, -0.1) is 11.8 Å². The monoisotopic (exact) mass is 754 g/mol. The molecule has 0 unspecified atom stereocenters. The maximum Gasteiger partial charge on any atom is 0.227 e. The minimum absolute atomic E-state index is 0.553. The van der Waals surface area contributed by atoms with Crippen LogP contribution in [-0.2, 0) is 0 Å². The van der Waals surface area contributed by atoms with Gasteiger partial charge in [-0.1, -0.05) is 85.4 Å². The Hall–Kier alpha value is -7.22. The van der Waals surface area contributed by atoms with E-state index in [0.29, 0.717) is 23.1 Å². The minimum Gasteiger partial charge on any atom is -0.456 e. The highest BCUT2D eigenvalue weighted by Gasteiger charge is 2.33. The molecule has 2 aromatic heterocycles. The molecule has 0 spiro atoms.